The molecule has 81 heavy (non-hydrogen) atoms. The van der Waals surface area contributed by atoms with Crippen LogP contribution in [-0.4, -0.2) is 110 Å². The van der Waals surface area contributed by atoms with E-state index in [0.717, 1.165) is 33.8 Å². The Hall–Kier alpha value is -8.48. The van der Waals surface area contributed by atoms with Crippen LogP contribution >= 0.6 is 11.3 Å². The number of carbonyl (C=O) groups is 4. The number of aliphatic hydroxyl groups is 1. The second-order valence-corrected chi connectivity index (χ2v) is 23.1. The third-order valence-electron chi connectivity index (χ3n) is 13.7. The highest BCUT2D eigenvalue weighted by atomic mass is 32.2. The van der Waals surface area contributed by atoms with Gasteiger partial charge in [-0.3, -0.25) is 28.3 Å². The molecule has 1 saturated heterocycles. The first-order valence-electron chi connectivity index (χ1n) is 26.0. The number of hydrogen-bond acceptors (Lipinski definition) is 15. The summed E-state index contributed by atoms with van der Waals surface area (Å²) in [4.78, 5) is 69.3. The van der Waals surface area contributed by atoms with E-state index in [1.54, 1.807) is 63.8 Å². The minimum atomic E-state index is -4.54. The van der Waals surface area contributed by atoms with Crippen molar-refractivity contribution in [2.24, 2.45) is 5.41 Å². The number of imidazole rings is 1. The fraction of sp³-hybridized carbons (Fsp3) is 0.316. The molecular formula is C57H59F2N11O9S2. The second kappa shape index (κ2) is 24.5. The lowest BCUT2D eigenvalue weighted by Gasteiger charge is -2.35. The number of hydrogen-bond donors (Lipinski definition) is 5. The molecule has 1 fully saturated rings. The summed E-state index contributed by atoms with van der Waals surface area (Å²) in [6.45, 7) is 8.03. The Morgan fingerprint density at radius 3 is 2.37 bits per heavy atom. The zero-order valence-corrected chi connectivity index (χ0v) is 46.5. The first kappa shape index (κ1) is 57.2. The lowest BCUT2D eigenvalue weighted by Crippen LogP contribution is -2.57. The maximum absolute atomic E-state index is 14.5. The zero-order valence-electron chi connectivity index (χ0n) is 44.9. The van der Waals surface area contributed by atoms with Gasteiger partial charge in [0.05, 0.1) is 46.6 Å². The number of halogens is 2. The summed E-state index contributed by atoms with van der Waals surface area (Å²) in [6, 6.07) is 19.8. The Morgan fingerprint density at radius 1 is 0.877 bits per heavy atom. The molecule has 24 heteroatoms. The highest BCUT2D eigenvalue weighted by Gasteiger charge is 2.44. The van der Waals surface area contributed by atoms with Crippen LogP contribution in [0.4, 0.5) is 14.5 Å². The number of sulfonamides is 1. The van der Waals surface area contributed by atoms with Gasteiger partial charge in [-0.25, -0.2) is 32.2 Å². The van der Waals surface area contributed by atoms with Gasteiger partial charge in [-0.15, -0.1) is 21.5 Å². The number of fused-ring (bicyclic) bond motifs is 1. The molecule has 5 N–H and O–H groups in total. The fourth-order valence-corrected chi connectivity index (χ4v) is 11.3. The molecule has 1 aliphatic rings. The number of carbonyl (C=O) groups excluding carboxylic acids is 4. The maximum atomic E-state index is 14.5. The summed E-state index contributed by atoms with van der Waals surface area (Å²) in [5.41, 5.74) is 6.42. The Labute approximate surface area is 469 Å². The molecule has 8 aromatic rings. The summed E-state index contributed by atoms with van der Waals surface area (Å²) in [6.07, 6.45) is 6.57. The molecule has 3 atom stereocenters. The van der Waals surface area contributed by atoms with Crippen molar-refractivity contribution in [1.29, 1.82) is 0 Å². The van der Waals surface area contributed by atoms with Crippen molar-refractivity contribution in [3.05, 3.63) is 137 Å². The number of benzene rings is 3. The van der Waals surface area contributed by atoms with Crippen LogP contribution in [0, 0.1) is 24.0 Å². The minimum absolute atomic E-state index is 0.0295. The molecule has 4 amide bonds. The van der Waals surface area contributed by atoms with Crippen molar-refractivity contribution in [2.45, 2.75) is 95.8 Å². The third-order valence-corrected chi connectivity index (χ3v) is 16.1. The van der Waals surface area contributed by atoms with Crippen molar-refractivity contribution in [2.75, 3.05) is 24.9 Å². The van der Waals surface area contributed by atoms with Crippen molar-refractivity contribution >= 4 is 56.3 Å². The largest absolute Gasteiger partial charge is 0.480 e. The van der Waals surface area contributed by atoms with Crippen LogP contribution < -0.4 is 25.4 Å². The van der Waals surface area contributed by atoms with Crippen LogP contribution in [0.15, 0.2) is 118 Å². The van der Waals surface area contributed by atoms with Gasteiger partial charge in [0.15, 0.2) is 0 Å². The van der Waals surface area contributed by atoms with E-state index in [2.05, 4.69) is 45.8 Å². The second-order valence-electron chi connectivity index (χ2n) is 20.6. The number of nitrogens with one attached hydrogen (secondary N) is 4. The van der Waals surface area contributed by atoms with Crippen molar-refractivity contribution in [3.8, 4) is 50.5 Å². The summed E-state index contributed by atoms with van der Waals surface area (Å²) >= 11 is 1.56. The molecule has 0 radical (unpaired) electrons. The van der Waals surface area contributed by atoms with E-state index in [-0.39, 0.29) is 67.0 Å². The lowest BCUT2D eigenvalue weighted by atomic mass is 9.85. The van der Waals surface area contributed by atoms with Crippen LogP contribution in [0.3, 0.4) is 0 Å². The molecule has 1 aliphatic heterocycles. The van der Waals surface area contributed by atoms with Gasteiger partial charge in [-0.05, 0) is 78.8 Å². The predicted octanol–water partition coefficient (Wildman–Crippen LogP) is 8.12. The number of unbranched alkanes of at least 4 members (excludes halogenated alkanes) is 3. The summed E-state index contributed by atoms with van der Waals surface area (Å²) < 4.78 is 69.8. The average molecular weight is 1140 g/mol. The molecule has 0 unspecified atom stereocenters. The monoisotopic (exact) mass is 1140 g/mol. The highest BCUT2D eigenvalue weighted by molar-refractivity contribution is 7.92. The number of likely N-dealkylation sites (tertiary alicyclic amines) is 1. The van der Waals surface area contributed by atoms with E-state index in [1.165, 1.54) is 30.5 Å². The predicted molar refractivity (Wildman–Crippen MR) is 298 cm³/mol. The summed E-state index contributed by atoms with van der Waals surface area (Å²) in [5.74, 6) is -3.64. The molecule has 6 heterocycles. The molecule has 0 bridgehead atoms. The number of rotatable bonds is 21. The first-order chi connectivity index (χ1) is 38.8. The van der Waals surface area contributed by atoms with E-state index in [0.29, 0.717) is 71.9 Å². The van der Waals surface area contributed by atoms with Crippen molar-refractivity contribution in [3.63, 3.8) is 0 Å². The number of ether oxygens (including phenoxy) is 1. The Balaban J connectivity index is 0.756. The SMILES string of the molecule is COc1ncc(-c2ccc3ncc(-c4nnc(-c5ccccc5C(=O)NCCCCCCC(=O)N[C@H](C(=O)N5C[C@@H](O)C[C@@H]5C(=O)NCc5ccc(-c6scnc6C)cc5)C(C)(C)C)o4)n3c2)cc1NS(=O)(=O)c1ccc(F)cc1F. The van der Waals surface area contributed by atoms with Gasteiger partial charge in [0, 0.05) is 62.1 Å². The number of aryl methyl sites for hydroxylation is 1. The first-order valence-corrected chi connectivity index (χ1v) is 28.4. The van der Waals surface area contributed by atoms with Crippen LogP contribution in [0.1, 0.15) is 80.9 Å². The number of aromatic nitrogens is 6. The van der Waals surface area contributed by atoms with Gasteiger partial charge in [-0.1, -0.05) is 70.0 Å². The van der Waals surface area contributed by atoms with Crippen molar-refractivity contribution < 1.29 is 50.6 Å². The number of β-amino-alcohol motifs (C(OH)–C–C–N with tert-alkyl or cyclic N) is 1. The summed E-state index contributed by atoms with van der Waals surface area (Å²) in [5, 5.41) is 28.0. The molecule has 0 saturated carbocycles. The highest BCUT2D eigenvalue weighted by Crippen LogP contribution is 2.34. The molecule has 0 spiro atoms. The van der Waals surface area contributed by atoms with E-state index >= 15 is 0 Å². The lowest BCUT2D eigenvalue weighted by molar-refractivity contribution is -0.144. The van der Waals surface area contributed by atoms with Gasteiger partial charge < -0.3 is 35.1 Å². The van der Waals surface area contributed by atoms with Crippen LogP contribution in [0.5, 0.6) is 5.88 Å². The van der Waals surface area contributed by atoms with Crippen LogP contribution in [0.25, 0.3) is 50.3 Å². The molecule has 422 valence electrons. The number of nitrogens with zero attached hydrogens (tertiary/aromatic N) is 7. The van der Waals surface area contributed by atoms with Gasteiger partial charge >= 0.3 is 0 Å². The number of aliphatic hydroxyl groups excluding tert-OH is 1. The molecule has 3 aromatic carbocycles. The molecule has 0 aliphatic carbocycles. The molecule has 5 aromatic heterocycles. The number of anilines is 1. The third kappa shape index (κ3) is 13.2. The fourth-order valence-electron chi connectivity index (χ4n) is 9.43. The zero-order chi connectivity index (χ0) is 57.6. The van der Waals surface area contributed by atoms with Gasteiger partial charge in [0.1, 0.15) is 45.6 Å². The van der Waals surface area contributed by atoms with E-state index in [9.17, 15) is 41.5 Å². The van der Waals surface area contributed by atoms with E-state index in [4.69, 9.17) is 9.15 Å². The van der Waals surface area contributed by atoms with Gasteiger partial charge in [0.2, 0.25) is 29.5 Å². The Morgan fingerprint density at radius 2 is 1.63 bits per heavy atom. The standard InChI is InChI=1S/C57H59F2N11O9S2/c1-33-49(80-32-64-33)35-17-15-34(16-18-35)27-62-52(74)44-26-39(71)31-70(44)56(75)50(57(2,3)4)65-48(72)14-8-6-7-11-23-60-51(73)40-12-9-10-13-41(40)53-66-67-55(79-53)45-29-61-47-22-19-36(30-69(45)47)37-24-43(54(78-5)63-28-37)68-81(76,77)46-21-20-38(58)25-42(46)59/h9-10,12-13,15-22,24-25,28-30,32,39,44,50,68,71H,6-8,11,14,23,26-27,31H2,1-5H3,(H,60,73)(H,62,74)(H,65,72)/t39-,44+,50+/m0/s1. The topological polar surface area (TPSA) is 265 Å². The molecule has 9 rings (SSSR count). The van der Waals surface area contributed by atoms with E-state index in [1.807, 2.05) is 52.0 Å². The van der Waals surface area contributed by atoms with Crippen LogP contribution in [-0.2, 0) is 31.0 Å². The van der Waals surface area contributed by atoms with Gasteiger partial charge in [0.25, 0.3) is 21.8 Å². The number of thiazole rings is 1. The normalized spacial score (nSPS) is 14.9. The maximum Gasteiger partial charge on any atom is 0.266 e. The van der Waals surface area contributed by atoms with Crippen molar-refractivity contribution in [1.82, 2.24) is 50.4 Å². The Bertz CT molecular complexity index is 3730. The van der Waals surface area contributed by atoms with E-state index < -0.39 is 56.1 Å². The number of amides is 4. The quantitative estimate of drug-likeness (QED) is 0.0426. The summed E-state index contributed by atoms with van der Waals surface area (Å²) in [7, 11) is -3.25. The number of pyridine rings is 2. The number of methoxy groups -OCH3 is 1. The van der Waals surface area contributed by atoms with Gasteiger partial charge in [-0.2, -0.15) is 0 Å². The minimum Gasteiger partial charge on any atom is -0.480 e. The molecule has 20 nitrogen and oxygen atoms in total. The molecular weight excluding hydrogens is 1080 g/mol. The smallest absolute Gasteiger partial charge is 0.266 e. The van der Waals surface area contributed by atoms with Crippen LogP contribution in [0.2, 0.25) is 0 Å². The average Bonchev–Trinajstić information content (AvgIpc) is 4.44. The Kier molecular flexibility index (Phi) is 17.3.